The van der Waals surface area contributed by atoms with Crippen molar-refractivity contribution in [3.05, 3.63) is 191 Å². The van der Waals surface area contributed by atoms with Crippen LogP contribution in [-0.2, 0) is 5.41 Å². The summed E-state index contributed by atoms with van der Waals surface area (Å²) in [5.74, 6) is 2.43. The summed E-state index contributed by atoms with van der Waals surface area (Å²) in [6.45, 7) is 0. The molecular formula is C46H37N3. The van der Waals surface area contributed by atoms with E-state index >= 15 is 0 Å². The van der Waals surface area contributed by atoms with Gasteiger partial charge in [-0.15, -0.1) is 0 Å². The standard InChI is InChI=1S/C46H37N3/c1-5-16-32(17-6-1)33-28-30-35(31-29-33)44-47-43(34-18-7-2-8-19-34)48-45(49-44)39-25-15-27-41-42(39)38-24-13-14-26-40(38)46(41,36-20-9-3-10-21-36)37-22-11-4-12-23-37/h1-2,5-9,11,13-28,30-31,33H,3-4,10,12,29H2. The second-order valence-electron chi connectivity index (χ2n) is 13.2. The van der Waals surface area contributed by atoms with E-state index in [4.69, 9.17) is 15.0 Å². The van der Waals surface area contributed by atoms with Crippen LogP contribution in [0.15, 0.2) is 169 Å². The maximum atomic E-state index is 5.27. The van der Waals surface area contributed by atoms with Crippen LogP contribution in [0.3, 0.4) is 0 Å². The number of aromatic nitrogens is 3. The van der Waals surface area contributed by atoms with Gasteiger partial charge in [0.2, 0.25) is 0 Å². The quantitative estimate of drug-likeness (QED) is 0.187. The van der Waals surface area contributed by atoms with Crippen molar-refractivity contribution in [3.63, 3.8) is 0 Å². The summed E-state index contributed by atoms with van der Waals surface area (Å²) in [4.78, 5) is 15.6. The predicted octanol–water partition coefficient (Wildman–Crippen LogP) is 11.2. The summed E-state index contributed by atoms with van der Waals surface area (Å²) >= 11 is 0. The van der Waals surface area contributed by atoms with Gasteiger partial charge in [-0.25, -0.2) is 15.0 Å². The van der Waals surface area contributed by atoms with Gasteiger partial charge < -0.3 is 0 Å². The number of fused-ring (bicyclic) bond motifs is 3. The molecule has 5 aromatic rings. The Morgan fingerprint density at radius 3 is 1.84 bits per heavy atom. The lowest BCUT2D eigenvalue weighted by Gasteiger charge is -2.37. The van der Waals surface area contributed by atoms with Gasteiger partial charge in [-0.1, -0.05) is 158 Å². The normalized spacial score (nSPS) is 18.7. The lowest BCUT2D eigenvalue weighted by atomic mass is 9.64. The molecule has 0 radical (unpaired) electrons. The van der Waals surface area contributed by atoms with E-state index < -0.39 is 5.41 Å². The number of hydrogen-bond acceptors (Lipinski definition) is 3. The first-order chi connectivity index (χ1) is 24.3. The zero-order chi connectivity index (χ0) is 32.6. The van der Waals surface area contributed by atoms with Crippen LogP contribution in [0, 0.1) is 0 Å². The van der Waals surface area contributed by atoms with Gasteiger partial charge in [-0.05, 0) is 71.1 Å². The second kappa shape index (κ2) is 12.4. The number of nitrogens with zero attached hydrogens (tertiary/aromatic N) is 3. The SMILES string of the molecule is C1=CC(C2(C3=CCCC=C3)c3ccccc3-c3c(-c4nc(C5=CCC(c6ccccc6)C=C5)nc(-c5ccccc5)n4)cccc32)=CCC1. The maximum absolute atomic E-state index is 5.27. The van der Waals surface area contributed by atoms with Crippen molar-refractivity contribution in [1.29, 1.82) is 0 Å². The minimum Gasteiger partial charge on any atom is -0.208 e. The van der Waals surface area contributed by atoms with Crippen molar-refractivity contribution in [2.24, 2.45) is 0 Å². The molecule has 4 aliphatic rings. The van der Waals surface area contributed by atoms with Crippen molar-refractivity contribution < 1.29 is 0 Å². The van der Waals surface area contributed by atoms with Gasteiger partial charge in [-0.2, -0.15) is 0 Å². The van der Waals surface area contributed by atoms with Gasteiger partial charge >= 0.3 is 0 Å². The predicted molar refractivity (Wildman–Crippen MR) is 201 cm³/mol. The van der Waals surface area contributed by atoms with Crippen LogP contribution in [0.25, 0.3) is 39.5 Å². The highest BCUT2D eigenvalue weighted by Crippen LogP contribution is 2.59. The monoisotopic (exact) mass is 631 g/mol. The van der Waals surface area contributed by atoms with Gasteiger partial charge in [0.25, 0.3) is 0 Å². The van der Waals surface area contributed by atoms with Crippen molar-refractivity contribution >= 4 is 5.57 Å². The molecule has 1 unspecified atom stereocenters. The van der Waals surface area contributed by atoms with Gasteiger partial charge in [-0.3, -0.25) is 0 Å². The largest absolute Gasteiger partial charge is 0.208 e. The Hall–Kier alpha value is -5.67. The highest BCUT2D eigenvalue weighted by Gasteiger charge is 2.48. The van der Waals surface area contributed by atoms with E-state index in [1.165, 1.54) is 39.0 Å². The van der Waals surface area contributed by atoms with Crippen molar-refractivity contribution in [2.75, 3.05) is 0 Å². The van der Waals surface area contributed by atoms with Crippen molar-refractivity contribution in [1.82, 2.24) is 15.0 Å². The first kappa shape index (κ1) is 29.5. The van der Waals surface area contributed by atoms with Crippen molar-refractivity contribution in [2.45, 2.75) is 43.4 Å². The van der Waals surface area contributed by atoms with E-state index in [0.717, 1.165) is 48.8 Å². The molecule has 0 N–H and O–H groups in total. The summed E-state index contributed by atoms with van der Waals surface area (Å²) in [5.41, 5.74) is 11.8. The molecule has 0 amide bonds. The zero-order valence-corrected chi connectivity index (χ0v) is 27.5. The fraction of sp³-hybridized carbons (Fsp3) is 0.152. The molecule has 49 heavy (non-hydrogen) atoms. The minimum absolute atomic E-state index is 0.341. The fourth-order valence-corrected chi connectivity index (χ4v) is 8.16. The molecule has 1 heterocycles. The van der Waals surface area contributed by atoms with Crippen LogP contribution >= 0.6 is 0 Å². The van der Waals surface area contributed by atoms with Crippen LogP contribution in [0.1, 0.15) is 60.5 Å². The number of rotatable bonds is 6. The van der Waals surface area contributed by atoms with E-state index in [-0.39, 0.29) is 0 Å². The second-order valence-corrected chi connectivity index (χ2v) is 13.2. The molecule has 0 aliphatic heterocycles. The summed E-state index contributed by atoms with van der Waals surface area (Å²) in [5, 5.41) is 0. The van der Waals surface area contributed by atoms with E-state index in [9.17, 15) is 0 Å². The molecule has 4 aromatic carbocycles. The van der Waals surface area contributed by atoms with E-state index in [1.54, 1.807) is 0 Å². The topological polar surface area (TPSA) is 38.7 Å². The van der Waals surface area contributed by atoms with E-state index in [2.05, 4.69) is 140 Å². The minimum atomic E-state index is -0.394. The van der Waals surface area contributed by atoms with Crippen molar-refractivity contribution in [3.8, 4) is 33.9 Å². The van der Waals surface area contributed by atoms with Gasteiger partial charge in [0, 0.05) is 22.6 Å². The lowest BCUT2D eigenvalue weighted by molar-refractivity contribution is 0.737. The molecular weight excluding hydrogens is 595 g/mol. The Morgan fingerprint density at radius 1 is 0.510 bits per heavy atom. The Morgan fingerprint density at radius 2 is 1.14 bits per heavy atom. The molecule has 4 aliphatic carbocycles. The summed E-state index contributed by atoms with van der Waals surface area (Å²) < 4.78 is 0. The average Bonchev–Trinajstić information content (AvgIpc) is 3.50. The van der Waals surface area contributed by atoms with Crippen LogP contribution in [0.5, 0.6) is 0 Å². The molecule has 0 spiro atoms. The smallest absolute Gasteiger partial charge is 0.164 e. The van der Waals surface area contributed by atoms with Crippen LogP contribution in [-0.4, -0.2) is 15.0 Å². The zero-order valence-electron chi connectivity index (χ0n) is 27.5. The molecule has 1 aromatic heterocycles. The third-order valence-electron chi connectivity index (χ3n) is 10.4. The van der Waals surface area contributed by atoms with Crippen LogP contribution < -0.4 is 0 Å². The molecule has 236 valence electrons. The number of benzene rings is 4. The highest BCUT2D eigenvalue weighted by atomic mass is 15.0. The molecule has 0 bridgehead atoms. The Balaban J connectivity index is 1.25. The van der Waals surface area contributed by atoms with E-state index in [1.807, 2.05) is 18.2 Å². The first-order valence-electron chi connectivity index (χ1n) is 17.5. The third kappa shape index (κ3) is 5.00. The number of hydrogen-bond donors (Lipinski definition) is 0. The maximum Gasteiger partial charge on any atom is 0.164 e. The lowest BCUT2D eigenvalue weighted by Crippen LogP contribution is -2.30. The van der Waals surface area contributed by atoms with Gasteiger partial charge in [0.05, 0.1) is 5.41 Å². The molecule has 3 heteroatoms. The molecule has 3 nitrogen and oxygen atoms in total. The Bertz CT molecular complexity index is 2220. The van der Waals surface area contributed by atoms with E-state index in [0.29, 0.717) is 23.4 Å². The summed E-state index contributed by atoms with van der Waals surface area (Å²) in [6, 6.07) is 36.7. The molecule has 0 saturated carbocycles. The molecule has 1 atom stereocenters. The molecule has 0 saturated heterocycles. The van der Waals surface area contributed by atoms with Gasteiger partial charge in [0.1, 0.15) is 0 Å². The molecule has 0 fully saturated rings. The Kier molecular flexibility index (Phi) is 7.46. The van der Waals surface area contributed by atoms with Gasteiger partial charge in [0.15, 0.2) is 17.5 Å². The first-order valence-corrected chi connectivity index (χ1v) is 17.5. The fourth-order valence-electron chi connectivity index (χ4n) is 8.16. The summed E-state index contributed by atoms with van der Waals surface area (Å²) in [7, 11) is 0. The Labute approximate surface area is 288 Å². The van der Waals surface area contributed by atoms with Crippen LogP contribution in [0.2, 0.25) is 0 Å². The average molecular weight is 632 g/mol. The highest BCUT2D eigenvalue weighted by molar-refractivity contribution is 5.95. The molecule has 9 rings (SSSR count). The van der Waals surface area contributed by atoms with Crippen LogP contribution in [0.4, 0.5) is 0 Å². The summed E-state index contributed by atoms with van der Waals surface area (Å²) in [6.07, 6.45) is 26.2. The number of allylic oxidation sites excluding steroid dienone is 12. The third-order valence-corrected chi connectivity index (χ3v) is 10.4.